The number of carbonyl (C=O) groups excluding carboxylic acids is 1. The molecule has 0 bridgehead atoms. The summed E-state index contributed by atoms with van der Waals surface area (Å²) in [6, 6.07) is 19.0. The standard InChI is InChI=1S/C24H30N4O/c1-2-25-24(27-17-20-15-22(20)19-7-4-3-5-8-19)26-16-18-10-12-21(13-11-18)28-14-6-9-23(28)29/h3-5,7-8,10-13,20,22H,2,6,9,14-17H2,1H3,(H2,25,26,27). The monoisotopic (exact) mass is 390 g/mol. The summed E-state index contributed by atoms with van der Waals surface area (Å²) in [6.07, 6.45) is 2.86. The molecule has 0 aromatic heterocycles. The highest BCUT2D eigenvalue weighted by Crippen LogP contribution is 2.46. The van der Waals surface area contributed by atoms with Crippen molar-refractivity contribution in [3.63, 3.8) is 0 Å². The number of benzene rings is 2. The molecule has 1 saturated carbocycles. The summed E-state index contributed by atoms with van der Waals surface area (Å²) in [4.78, 5) is 18.5. The first kappa shape index (κ1) is 19.5. The van der Waals surface area contributed by atoms with Crippen molar-refractivity contribution >= 4 is 17.6 Å². The van der Waals surface area contributed by atoms with Crippen molar-refractivity contribution in [2.24, 2.45) is 10.9 Å². The van der Waals surface area contributed by atoms with Crippen molar-refractivity contribution in [1.29, 1.82) is 0 Å². The molecule has 4 rings (SSSR count). The zero-order valence-corrected chi connectivity index (χ0v) is 17.1. The van der Waals surface area contributed by atoms with E-state index in [-0.39, 0.29) is 5.91 Å². The van der Waals surface area contributed by atoms with Gasteiger partial charge < -0.3 is 15.5 Å². The number of carbonyl (C=O) groups is 1. The van der Waals surface area contributed by atoms with Gasteiger partial charge in [0.2, 0.25) is 5.91 Å². The first-order valence-corrected chi connectivity index (χ1v) is 10.7. The van der Waals surface area contributed by atoms with Crippen LogP contribution in [0, 0.1) is 5.92 Å². The molecule has 2 unspecified atom stereocenters. The summed E-state index contributed by atoms with van der Waals surface area (Å²) in [7, 11) is 0. The van der Waals surface area contributed by atoms with Crippen LogP contribution in [0.25, 0.3) is 0 Å². The molecule has 2 atom stereocenters. The molecule has 2 fully saturated rings. The van der Waals surface area contributed by atoms with E-state index in [1.54, 1.807) is 0 Å². The second kappa shape index (κ2) is 9.12. The molecule has 1 aliphatic carbocycles. The summed E-state index contributed by atoms with van der Waals surface area (Å²) in [6.45, 7) is 5.32. The van der Waals surface area contributed by atoms with Crippen LogP contribution in [0.2, 0.25) is 0 Å². The second-order valence-corrected chi connectivity index (χ2v) is 7.90. The van der Waals surface area contributed by atoms with Crippen molar-refractivity contribution in [3.8, 4) is 0 Å². The number of guanidine groups is 1. The van der Waals surface area contributed by atoms with Gasteiger partial charge in [-0.2, -0.15) is 0 Å². The molecule has 1 amide bonds. The normalized spacial score (nSPS) is 21.3. The largest absolute Gasteiger partial charge is 0.357 e. The fourth-order valence-corrected chi connectivity index (χ4v) is 4.02. The summed E-state index contributed by atoms with van der Waals surface area (Å²) < 4.78 is 0. The highest BCUT2D eigenvalue weighted by Gasteiger charge is 2.37. The Labute approximate surface area is 173 Å². The van der Waals surface area contributed by atoms with Crippen molar-refractivity contribution in [2.75, 3.05) is 24.5 Å². The number of amides is 1. The van der Waals surface area contributed by atoms with E-state index >= 15 is 0 Å². The van der Waals surface area contributed by atoms with Crippen molar-refractivity contribution in [3.05, 3.63) is 65.7 Å². The first-order valence-electron chi connectivity index (χ1n) is 10.7. The van der Waals surface area contributed by atoms with Crippen molar-refractivity contribution < 1.29 is 4.79 Å². The summed E-state index contributed by atoms with van der Waals surface area (Å²) in [5.74, 6) is 2.44. The lowest BCUT2D eigenvalue weighted by molar-refractivity contribution is -0.117. The van der Waals surface area contributed by atoms with E-state index in [2.05, 4.69) is 60.0 Å². The SMILES string of the molecule is CCNC(=NCc1ccc(N2CCCC2=O)cc1)NCC1CC1c1ccccc1. The summed E-state index contributed by atoms with van der Waals surface area (Å²) in [5, 5.41) is 6.84. The van der Waals surface area contributed by atoms with E-state index < -0.39 is 0 Å². The number of anilines is 1. The lowest BCUT2D eigenvalue weighted by Crippen LogP contribution is -2.38. The summed E-state index contributed by atoms with van der Waals surface area (Å²) in [5.41, 5.74) is 3.58. The molecule has 1 aliphatic heterocycles. The number of rotatable bonds is 7. The minimum atomic E-state index is 0.225. The van der Waals surface area contributed by atoms with Crippen LogP contribution in [0.3, 0.4) is 0 Å². The van der Waals surface area contributed by atoms with E-state index in [1.807, 2.05) is 17.0 Å². The Bertz CT molecular complexity index is 847. The Morgan fingerprint density at radius 1 is 1.10 bits per heavy atom. The van der Waals surface area contributed by atoms with Crippen LogP contribution in [0.5, 0.6) is 0 Å². The maximum absolute atomic E-state index is 11.9. The van der Waals surface area contributed by atoms with Gasteiger partial charge in [0, 0.05) is 31.7 Å². The van der Waals surface area contributed by atoms with Gasteiger partial charge in [-0.1, -0.05) is 42.5 Å². The van der Waals surface area contributed by atoms with E-state index in [1.165, 1.54) is 12.0 Å². The Hall–Kier alpha value is -2.82. The van der Waals surface area contributed by atoms with Crippen LogP contribution < -0.4 is 15.5 Å². The molecule has 2 aromatic carbocycles. The smallest absolute Gasteiger partial charge is 0.227 e. The van der Waals surface area contributed by atoms with E-state index in [9.17, 15) is 4.79 Å². The number of hydrogen-bond donors (Lipinski definition) is 2. The molecule has 2 aromatic rings. The third-order valence-electron chi connectivity index (χ3n) is 5.77. The Kier molecular flexibility index (Phi) is 6.13. The van der Waals surface area contributed by atoms with Crippen LogP contribution >= 0.6 is 0 Å². The van der Waals surface area contributed by atoms with Crippen molar-refractivity contribution in [1.82, 2.24) is 10.6 Å². The zero-order chi connectivity index (χ0) is 20.1. The van der Waals surface area contributed by atoms with Gasteiger partial charge in [-0.3, -0.25) is 4.79 Å². The average Bonchev–Trinajstić information content (AvgIpc) is 3.42. The Balaban J connectivity index is 1.30. The quantitative estimate of drug-likeness (QED) is 0.560. The zero-order valence-electron chi connectivity index (χ0n) is 17.1. The maximum Gasteiger partial charge on any atom is 0.227 e. The minimum absolute atomic E-state index is 0.225. The minimum Gasteiger partial charge on any atom is -0.357 e. The van der Waals surface area contributed by atoms with Gasteiger partial charge in [0.05, 0.1) is 6.54 Å². The summed E-state index contributed by atoms with van der Waals surface area (Å²) >= 11 is 0. The molecule has 152 valence electrons. The molecule has 5 heteroatoms. The van der Waals surface area contributed by atoms with E-state index in [4.69, 9.17) is 4.99 Å². The molecule has 2 aliphatic rings. The molecule has 1 heterocycles. The van der Waals surface area contributed by atoms with E-state index in [0.717, 1.165) is 43.3 Å². The van der Waals surface area contributed by atoms with Gasteiger partial charge >= 0.3 is 0 Å². The molecular weight excluding hydrogens is 360 g/mol. The molecule has 0 radical (unpaired) electrons. The molecule has 5 nitrogen and oxygen atoms in total. The van der Waals surface area contributed by atoms with Gasteiger partial charge in [0.25, 0.3) is 0 Å². The number of nitrogens with zero attached hydrogens (tertiary/aromatic N) is 2. The lowest BCUT2D eigenvalue weighted by Gasteiger charge is -2.16. The molecule has 1 saturated heterocycles. The van der Waals surface area contributed by atoms with E-state index in [0.29, 0.717) is 24.8 Å². The Morgan fingerprint density at radius 3 is 2.59 bits per heavy atom. The number of aliphatic imine (C=N–C) groups is 1. The topological polar surface area (TPSA) is 56.7 Å². The van der Waals surface area contributed by atoms with Crippen LogP contribution in [0.1, 0.15) is 43.2 Å². The lowest BCUT2D eigenvalue weighted by atomic mass is 10.1. The van der Waals surface area contributed by atoms with Gasteiger partial charge in [0.15, 0.2) is 5.96 Å². The van der Waals surface area contributed by atoms with Gasteiger partial charge in [-0.25, -0.2) is 4.99 Å². The predicted octanol–water partition coefficient (Wildman–Crippen LogP) is 3.67. The molecule has 29 heavy (non-hydrogen) atoms. The first-order chi connectivity index (χ1) is 14.2. The van der Waals surface area contributed by atoms with Gasteiger partial charge in [-0.05, 0) is 54.9 Å². The molecular formula is C24H30N4O. The van der Waals surface area contributed by atoms with Crippen molar-refractivity contribution in [2.45, 2.75) is 38.6 Å². The number of nitrogens with one attached hydrogen (secondary N) is 2. The third-order valence-corrected chi connectivity index (χ3v) is 5.77. The van der Waals surface area contributed by atoms with Crippen LogP contribution in [-0.2, 0) is 11.3 Å². The highest BCUT2D eigenvalue weighted by molar-refractivity contribution is 5.95. The van der Waals surface area contributed by atoms with Crippen LogP contribution in [0.4, 0.5) is 5.69 Å². The van der Waals surface area contributed by atoms with Crippen LogP contribution in [0.15, 0.2) is 59.6 Å². The van der Waals surface area contributed by atoms with Gasteiger partial charge in [-0.15, -0.1) is 0 Å². The maximum atomic E-state index is 11.9. The third kappa shape index (κ3) is 4.97. The van der Waals surface area contributed by atoms with Gasteiger partial charge in [0.1, 0.15) is 0 Å². The highest BCUT2D eigenvalue weighted by atomic mass is 16.2. The number of hydrogen-bond acceptors (Lipinski definition) is 2. The predicted molar refractivity (Wildman–Crippen MR) is 118 cm³/mol. The molecule has 0 spiro atoms. The Morgan fingerprint density at radius 2 is 1.90 bits per heavy atom. The fourth-order valence-electron chi connectivity index (χ4n) is 4.02. The molecule has 2 N–H and O–H groups in total. The second-order valence-electron chi connectivity index (χ2n) is 7.90. The fraction of sp³-hybridized carbons (Fsp3) is 0.417. The van der Waals surface area contributed by atoms with Crippen LogP contribution in [-0.4, -0.2) is 31.5 Å². The average molecular weight is 391 g/mol.